The summed E-state index contributed by atoms with van der Waals surface area (Å²) in [5, 5.41) is 0. The maximum absolute atomic E-state index is 6.27. The average molecular weight is 350 g/mol. The SMILES string of the molecule is COCC(CCCc1cnc[nH]1)OC(CCCc1cnc[nH]1)COC. The summed E-state index contributed by atoms with van der Waals surface area (Å²) in [6.07, 6.45) is 13.2. The van der Waals surface area contributed by atoms with Crippen LogP contribution in [0.15, 0.2) is 25.0 Å². The van der Waals surface area contributed by atoms with E-state index in [1.54, 1.807) is 26.9 Å². The molecule has 0 bridgehead atoms. The Hall–Kier alpha value is -1.70. The summed E-state index contributed by atoms with van der Waals surface area (Å²) >= 11 is 0. The predicted octanol–water partition coefficient (Wildman–Crippen LogP) is 2.53. The van der Waals surface area contributed by atoms with Gasteiger partial charge in [-0.25, -0.2) is 9.97 Å². The predicted molar refractivity (Wildman–Crippen MR) is 95.5 cm³/mol. The van der Waals surface area contributed by atoms with Crippen LogP contribution in [0, 0.1) is 0 Å². The van der Waals surface area contributed by atoms with E-state index in [0.29, 0.717) is 13.2 Å². The second-order valence-electron chi connectivity index (χ2n) is 6.23. The number of aromatic nitrogens is 4. The maximum Gasteiger partial charge on any atom is 0.0921 e. The summed E-state index contributed by atoms with van der Waals surface area (Å²) in [4.78, 5) is 14.4. The Bertz CT molecular complexity index is 482. The Labute approximate surface area is 149 Å². The zero-order valence-electron chi connectivity index (χ0n) is 15.2. The molecule has 0 radical (unpaired) electrons. The minimum Gasteiger partial charge on any atom is -0.382 e. The highest BCUT2D eigenvalue weighted by Gasteiger charge is 2.17. The third kappa shape index (κ3) is 7.81. The van der Waals surface area contributed by atoms with Crippen molar-refractivity contribution in [2.45, 2.75) is 50.7 Å². The molecule has 0 aliphatic carbocycles. The van der Waals surface area contributed by atoms with Gasteiger partial charge in [-0.15, -0.1) is 0 Å². The topological polar surface area (TPSA) is 85.0 Å². The molecule has 2 rings (SSSR count). The van der Waals surface area contributed by atoms with Gasteiger partial charge in [0.25, 0.3) is 0 Å². The molecule has 7 heteroatoms. The molecule has 0 aliphatic rings. The number of ether oxygens (including phenoxy) is 3. The highest BCUT2D eigenvalue weighted by molar-refractivity contribution is 4.94. The lowest BCUT2D eigenvalue weighted by Crippen LogP contribution is -2.29. The normalized spacial score (nSPS) is 13.8. The van der Waals surface area contributed by atoms with E-state index in [-0.39, 0.29) is 12.2 Å². The molecular formula is C18H30N4O3. The van der Waals surface area contributed by atoms with Gasteiger partial charge >= 0.3 is 0 Å². The zero-order chi connectivity index (χ0) is 17.7. The number of rotatable bonds is 14. The molecule has 2 N–H and O–H groups in total. The van der Waals surface area contributed by atoms with E-state index in [9.17, 15) is 0 Å². The lowest BCUT2D eigenvalue weighted by atomic mass is 10.1. The second-order valence-corrected chi connectivity index (χ2v) is 6.23. The number of nitrogens with zero attached hydrogens (tertiary/aromatic N) is 2. The van der Waals surface area contributed by atoms with Crippen molar-refractivity contribution >= 4 is 0 Å². The molecule has 0 saturated heterocycles. The van der Waals surface area contributed by atoms with Gasteiger partial charge in [0.15, 0.2) is 0 Å². The number of nitrogens with one attached hydrogen (secondary N) is 2. The zero-order valence-corrected chi connectivity index (χ0v) is 15.2. The molecule has 0 aromatic carbocycles. The van der Waals surface area contributed by atoms with Crippen LogP contribution < -0.4 is 0 Å². The Kier molecular flexibility index (Phi) is 9.25. The molecule has 25 heavy (non-hydrogen) atoms. The van der Waals surface area contributed by atoms with Crippen LogP contribution in [0.4, 0.5) is 0 Å². The quantitative estimate of drug-likeness (QED) is 0.547. The fraction of sp³-hybridized carbons (Fsp3) is 0.667. The van der Waals surface area contributed by atoms with Crippen molar-refractivity contribution in [2.75, 3.05) is 27.4 Å². The molecule has 2 atom stereocenters. The van der Waals surface area contributed by atoms with Crippen molar-refractivity contribution in [3.63, 3.8) is 0 Å². The Morgan fingerprint density at radius 1 is 0.840 bits per heavy atom. The summed E-state index contributed by atoms with van der Waals surface area (Å²) in [5.74, 6) is 0. The summed E-state index contributed by atoms with van der Waals surface area (Å²) < 4.78 is 16.9. The van der Waals surface area contributed by atoms with E-state index < -0.39 is 0 Å². The first-order valence-electron chi connectivity index (χ1n) is 8.89. The standard InChI is InChI=1S/C18H30N4O3/c1-23-11-17(7-3-5-15-9-19-13-21-15)25-18(12-24-2)8-4-6-16-10-20-14-22-16/h9-10,13-14,17-18H,3-8,11-12H2,1-2H3,(H,19,21)(H,20,22). The minimum atomic E-state index is 0.0835. The molecule has 7 nitrogen and oxygen atoms in total. The summed E-state index contributed by atoms with van der Waals surface area (Å²) in [5.41, 5.74) is 2.31. The average Bonchev–Trinajstić information content (AvgIpc) is 3.29. The number of hydrogen-bond acceptors (Lipinski definition) is 5. The molecule has 2 unspecified atom stereocenters. The van der Waals surface area contributed by atoms with E-state index in [1.807, 2.05) is 12.4 Å². The van der Waals surface area contributed by atoms with Crippen molar-refractivity contribution < 1.29 is 14.2 Å². The third-order valence-electron chi connectivity index (χ3n) is 4.14. The minimum absolute atomic E-state index is 0.0835. The van der Waals surface area contributed by atoms with Crippen LogP contribution in [0.2, 0.25) is 0 Å². The first-order valence-corrected chi connectivity index (χ1v) is 8.89. The summed E-state index contributed by atoms with van der Waals surface area (Å²) in [7, 11) is 3.43. The van der Waals surface area contributed by atoms with Crippen molar-refractivity contribution in [2.24, 2.45) is 0 Å². The molecule has 2 aromatic rings. The van der Waals surface area contributed by atoms with Crippen LogP contribution in [-0.4, -0.2) is 59.6 Å². The highest BCUT2D eigenvalue weighted by atomic mass is 16.6. The van der Waals surface area contributed by atoms with Crippen LogP contribution in [0.3, 0.4) is 0 Å². The van der Waals surface area contributed by atoms with Gasteiger partial charge in [0.05, 0.1) is 38.1 Å². The molecule has 0 spiro atoms. The Morgan fingerprint density at radius 3 is 1.68 bits per heavy atom. The molecular weight excluding hydrogens is 320 g/mol. The van der Waals surface area contributed by atoms with E-state index in [2.05, 4.69) is 19.9 Å². The fourth-order valence-corrected chi connectivity index (χ4v) is 2.91. The molecule has 0 saturated carbocycles. The smallest absolute Gasteiger partial charge is 0.0921 e. The Balaban J connectivity index is 1.73. The number of H-pyrrole nitrogens is 2. The van der Waals surface area contributed by atoms with Crippen molar-refractivity contribution in [1.82, 2.24) is 19.9 Å². The van der Waals surface area contributed by atoms with Gasteiger partial charge in [-0.05, 0) is 38.5 Å². The number of aryl methyl sites for hydroxylation is 2. The van der Waals surface area contributed by atoms with E-state index in [4.69, 9.17) is 14.2 Å². The molecule has 140 valence electrons. The molecule has 0 aliphatic heterocycles. The second kappa shape index (κ2) is 11.8. The van der Waals surface area contributed by atoms with Gasteiger partial charge in [-0.3, -0.25) is 0 Å². The fourth-order valence-electron chi connectivity index (χ4n) is 2.91. The largest absolute Gasteiger partial charge is 0.382 e. The first-order chi connectivity index (χ1) is 12.3. The summed E-state index contributed by atoms with van der Waals surface area (Å²) in [6.45, 7) is 1.20. The van der Waals surface area contributed by atoms with Crippen LogP contribution in [0.25, 0.3) is 0 Å². The van der Waals surface area contributed by atoms with Gasteiger partial charge in [0, 0.05) is 38.0 Å². The highest BCUT2D eigenvalue weighted by Crippen LogP contribution is 2.14. The van der Waals surface area contributed by atoms with E-state index in [1.165, 1.54) is 0 Å². The van der Waals surface area contributed by atoms with Crippen LogP contribution in [-0.2, 0) is 27.1 Å². The van der Waals surface area contributed by atoms with Crippen LogP contribution in [0.5, 0.6) is 0 Å². The molecule has 0 amide bonds. The van der Waals surface area contributed by atoms with Crippen LogP contribution >= 0.6 is 0 Å². The van der Waals surface area contributed by atoms with Crippen LogP contribution in [0.1, 0.15) is 37.1 Å². The monoisotopic (exact) mass is 350 g/mol. The third-order valence-corrected chi connectivity index (χ3v) is 4.14. The molecule has 2 heterocycles. The van der Waals surface area contributed by atoms with E-state index >= 15 is 0 Å². The van der Waals surface area contributed by atoms with Gasteiger partial charge in [0.2, 0.25) is 0 Å². The molecule has 2 aromatic heterocycles. The lowest BCUT2D eigenvalue weighted by Gasteiger charge is -2.24. The van der Waals surface area contributed by atoms with Gasteiger partial charge < -0.3 is 24.2 Å². The van der Waals surface area contributed by atoms with Gasteiger partial charge in [-0.1, -0.05) is 0 Å². The van der Waals surface area contributed by atoms with Crippen molar-refractivity contribution in [3.8, 4) is 0 Å². The first kappa shape index (κ1) is 19.6. The van der Waals surface area contributed by atoms with Gasteiger partial charge in [0.1, 0.15) is 0 Å². The van der Waals surface area contributed by atoms with Crippen molar-refractivity contribution in [3.05, 3.63) is 36.4 Å². The van der Waals surface area contributed by atoms with Gasteiger partial charge in [-0.2, -0.15) is 0 Å². The van der Waals surface area contributed by atoms with Crippen molar-refractivity contribution in [1.29, 1.82) is 0 Å². The number of imidazole rings is 2. The number of aromatic amines is 2. The summed E-state index contributed by atoms with van der Waals surface area (Å²) in [6, 6.07) is 0. The Morgan fingerprint density at radius 2 is 1.32 bits per heavy atom. The lowest BCUT2D eigenvalue weighted by molar-refractivity contribution is -0.0798. The maximum atomic E-state index is 6.27. The van der Waals surface area contributed by atoms with E-state index in [0.717, 1.165) is 49.9 Å². The molecule has 0 fully saturated rings. The number of hydrogen-bond donors (Lipinski definition) is 2. The number of methoxy groups -OCH3 is 2.